The molecule has 4 rings (SSSR count). The predicted molar refractivity (Wildman–Crippen MR) is 96.1 cm³/mol. The predicted octanol–water partition coefficient (Wildman–Crippen LogP) is 1.01. The average molecular weight is 354 g/mol. The number of hydrogen-bond acceptors (Lipinski definition) is 6. The molecule has 9 nitrogen and oxygen atoms in total. The number of nitrogens with one attached hydrogen (secondary N) is 2. The number of amides is 1. The van der Waals surface area contributed by atoms with Crippen molar-refractivity contribution in [3.05, 3.63) is 36.2 Å². The van der Waals surface area contributed by atoms with Gasteiger partial charge in [-0.25, -0.2) is 4.98 Å². The van der Waals surface area contributed by atoms with Crippen molar-refractivity contribution in [2.45, 2.75) is 26.2 Å². The SMILES string of the molecule is CC(C)(C)c1nnc2ccc(N3CC(CNC(=O)c4cnc[nH]4)C3)nn12. The zero-order valence-electron chi connectivity index (χ0n) is 15.1. The molecule has 0 bridgehead atoms. The van der Waals surface area contributed by atoms with Gasteiger partial charge in [0.1, 0.15) is 11.5 Å². The minimum Gasteiger partial charge on any atom is -0.354 e. The Balaban J connectivity index is 1.39. The molecule has 0 atom stereocenters. The lowest BCUT2D eigenvalue weighted by Gasteiger charge is -2.40. The Hall–Kier alpha value is -2.97. The molecule has 0 unspecified atom stereocenters. The van der Waals surface area contributed by atoms with Crippen LogP contribution in [0.25, 0.3) is 5.65 Å². The molecule has 1 aliphatic heterocycles. The van der Waals surface area contributed by atoms with Crippen LogP contribution >= 0.6 is 0 Å². The van der Waals surface area contributed by atoms with Crippen LogP contribution in [0.1, 0.15) is 37.1 Å². The second-order valence-corrected chi connectivity index (χ2v) is 7.68. The van der Waals surface area contributed by atoms with E-state index in [1.165, 1.54) is 12.5 Å². The number of imidazole rings is 1. The van der Waals surface area contributed by atoms with Gasteiger partial charge < -0.3 is 15.2 Å². The van der Waals surface area contributed by atoms with Crippen molar-refractivity contribution in [3.8, 4) is 0 Å². The van der Waals surface area contributed by atoms with Gasteiger partial charge in [-0.15, -0.1) is 15.3 Å². The maximum absolute atomic E-state index is 11.9. The van der Waals surface area contributed by atoms with E-state index in [1.54, 1.807) is 0 Å². The number of aromatic amines is 1. The van der Waals surface area contributed by atoms with Crippen LogP contribution in [0, 0.1) is 5.92 Å². The number of rotatable bonds is 4. The van der Waals surface area contributed by atoms with Crippen LogP contribution in [-0.2, 0) is 5.41 Å². The molecule has 9 heteroatoms. The smallest absolute Gasteiger partial charge is 0.269 e. The number of aromatic nitrogens is 6. The topological polar surface area (TPSA) is 104 Å². The van der Waals surface area contributed by atoms with Gasteiger partial charge in [0.15, 0.2) is 11.5 Å². The summed E-state index contributed by atoms with van der Waals surface area (Å²) >= 11 is 0. The Labute approximate surface area is 150 Å². The van der Waals surface area contributed by atoms with Gasteiger partial charge >= 0.3 is 0 Å². The Morgan fingerprint density at radius 1 is 1.31 bits per heavy atom. The zero-order valence-corrected chi connectivity index (χ0v) is 15.1. The molecule has 1 aliphatic rings. The van der Waals surface area contributed by atoms with Crippen LogP contribution in [-0.4, -0.2) is 55.3 Å². The standard InChI is InChI=1S/C17H22N8O/c1-17(2,3)16-22-21-13-4-5-14(23-25(13)16)24-8-11(9-24)6-19-15(26)12-7-18-10-20-12/h4-5,7,10-11H,6,8-9H2,1-3H3,(H,18,20)(H,19,26). The van der Waals surface area contributed by atoms with Crippen molar-refractivity contribution in [3.63, 3.8) is 0 Å². The second kappa shape index (κ2) is 6.08. The quantitative estimate of drug-likeness (QED) is 0.725. The van der Waals surface area contributed by atoms with E-state index in [0.29, 0.717) is 18.2 Å². The fourth-order valence-corrected chi connectivity index (χ4v) is 3.01. The molecular formula is C17H22N8O. The second-order valence-electron chi connectivity index (χ2n) is 7.68. The normalized spacial score (nSPS) is 15.3. The largest absolute Gasteiger partial charge is 0.354 e. The number of anilines is 1. The van der Waals surface area contributed by atoms with Crippen LogP contribution in [0.2, 0.25) is 0 Å². The third kappa shape index (κ3) is 3.00. The minimum atomic E-state index is -0.126. The summed E-state index contributed by atoms with van der Waals surface area (Å²) in [6, 6.07) is 3.91. The molecule has 1 saturated heterocycles. The molecule has 0 spiro atoms. The molecule has 136 valence electrons. The van der Waals surface area contributed by atoms with Gasteiger partial charge in [0.2, 0.25) is 0 Å². The molecule has 1 fully saturated rings. The molecule has 0 saturated carbocycles. The molecule has 0 aromatic carbocycles. The monoisotopic (exact) mass is 354 g/mol. The maximum Gasteiger partial charge on any atom is 0.269 e. The van der Waals surface area contributed by atoms with Crippen LogP contribution in [0.15, 0.2) is 24.7 Å². The zero-order chi connectivity index (χ0) is 18.3. The fraction of sp³-hybridized carbons (Fsp3) is 0.471. The fourth-order valence-electron chi connectivity index (χ4n) is 3.01. The van der Waals surface area contributed by atoms with Gasteiger partial charge in [-0.2, -0.15) is 4.52 Å². The van der Waals surface area contributed by atoms with Crippen LogP contribution < -0.4 is 10.2 Å². The lowest BCUT2D eigenvalue weighted by molar-refractivity contribution is 0.0940. The van der Waals surface area contributed by atoms with Gasteiger partial charge in [0, 0.05) is 31.0 Å². The molecule has 3 aromatic heterocycles. The number of carbonyl (C=O) groups excluding carboxylic acids is 1. The third-order valence-electron chi connectivity index (χ3n) is 4.49. The lowest BCUT2D eigenvalue weighted by Crippen LogP contribution is -2.52. The summed E-state index contributed by atoms with van der Waals surface area (Å²) in [7, 11) is 0. The highest BCUT2D eigenvalue weighted by atomic mass is 16.1. The van der Waals surface area contributed by atoms with Crippen molar-refractivity contribution in [2.75, 3.05) is 24.5 Å². The van der Waals surface area contributed by atoms with Gasteiger partial charge in [-0.3, -0.25) is 4.79 Å². The molecule has 26 heavy (non-hydrogen) atoms. The Morgan fingerprint density at radius 2 is 2.12 bits per heavy atom. The van der Waals surface area contributed by atoms with E-state index in [9.17, 15) is 4.79 Å². The first-order chi connectivity index (χ1) is 12.4. The van der Waals surface area contributed by atoms with Crippen molar-refractivity contribution in [1.29, 1.82) is 0 Å². The molecule has 4 heterocycles. The molecular weight excluding hydrogens is 332 g/mol. The Bertz CT molecular complexity index is 918. The van der Waals surface area contributed by atoms with E-state index < -0.39 is 0 Å². The van der Waals surface area contributed by atoms with Crippen molar-refractivity contribution in [2.24, 2.45) is 5.92 Å². The van der Waals surface area contributed by atoms with E-state index in [2.05, 4.69) is 51.2 Å². The summed E-state index contributed by atoms with van der Waals surface area (Å²) in [5.74, 6) is 2.03. The maximum atomic E-state index is 11.9. The summed E-state index contributed by atoms with van der Waals surface area (Å²) in [4.78, 5) is 20.8. The highest BCUT2D eigenvalue weighted by Gasteiger charge is 2.29. The Morgan fingerprint density at radius 3 is 2.81 bits per heavy atom. The average Bonchev–Trinajstić information content (AvgIpc) is 3.21. The number of fused-ring (bicyclic) bond motifs is 1. The molecule has 3 aromatic rings. The lowest BCUT2D eigenvalue weighted by atomic mass is 9.96. The highest BCUT2D eigenvalue weighted by Crippen LogP contribution is 2.25. The van der Waals surface area contributed by atoms with E-state index >= 15 is 0 Å². The van der Waals surface area contributed by atoms with E-state index in [4.69, 9.17) is 5.10 Å². The first-order valence-electron chi connectivity index (χ1n) is 8.66. The Kier molecular flexibility index (Phi) is 3.86. The summed E-state index contributed by atoms with van der Waals surface area (Å²) in [6.45, 7) is 8.64. The van der Waals surface area contributed by atoms with Crippen LogP contribution in [0.3, 0.4) is 0 Å². The van der Waals surface area contributed by atoms with Crippen LogP contribution in [0.5, 0.6) is 0 Å². The first-order valence-corrected chi connectivity index (χ1v) is 8.66. The van der Waals surface area contributed by atoms with Gasteiger partial charge in [0.05, 0.1) is 12.5 Å². The van der Waals surface area contributed by atoms with E-state index in [0.717, 1.165) is 30.4 Å². The number of nitrogens with zero attached hydrogens (tertiary/aromatic N) is 6. The van der Waals surface area contributed by atoms with Crippen LogP contribution in [0.4, 0.5) is 5.82 Å². The number of hydrogen-bond donors (Lipinski definition) is 2. The minimum absolute atomic E-state index is 0.125. The summed E-state index contributed by atoms with van der Waals surface area (Å²) < 4.78 is 1.82. The molecule has 1 amide bonds. The van der Waals surface area contributed by atoms with Gasteiger partial charge in [-0.1, -0.05) is 20.8 Å². The van der Waals surface area contributed by atoms with Crippen molar-refractivity contribution < 1.29 is 4.79 Å². The van der Waals surface area contributed by atoms with Crippen molar-refractivity contribution in [1.82, 2.24) is 35.1 Å². The molecule has 0 aliphatic carbocycles. The van der Waals surface area contributed by atoms with Gasteiger partial charge in [-0.05, 0) is 12.1 Å². The molecule has 0 radical (unpaired) electrons. The first kappa shape index (κ1) is 16.5. The highest BCUT2D eigenvalue weighted by molar-refractivity contribution is 5.91. The van der Waals surface area contributed by atoms with E-state index in [-0.39, 0.29) is 11.3 Å². The number of H-pyrrole nitrogens is 1. The summed E-state index contributed by atoms with van der Waals surface area (Å²) in [5.41, 5.74) is 1.11. The summed E-state index contributed by atoms with van der Waals surface area (Å²) in [5, 5.41) is 16.1. The van der Waals surface area contributed by atoms with E-state index in [1.807, 2.05) is 16.6 Å². The summed E-state index contributed by atoms with van der Waals surface area (Å²) in [6.07, 6.45) is 3.02. The van der Waals surface area contributed by atoms with Gasteiger partial charge in [0.25, 0.3) is 5.91 Å². The molecule has 2 N–H and O–H groups in total. The third-order valence-corrected chi connectivity index (χ3v) is 4.49. The number of carbonyl (C=O) groups is 1. The van der Waals surface area contributed by atoms with Crippen molar-refractivity contribution >= 4 is 17.4 Å².